The molecule has 0 aromatic rings. The highest BCUT2D eigenvalue weighted by Gasteiger charge is 2.11. The molecule has 0 aromatic carbocycles. The minimum atomic E-state index is -4.26. The number of esters is 1. The summed E-state index contributed by atoms with van der Waals surface area (Å²) in [5.74, 6) is -0.459. The van der Waals surface area contributed by atoms with Crippen molar-refractivity contribution < 1.29 is 32.5 Å². The van der Waals surface area contributed by atoms with Gasteiger partial charge in [-0.3, -0.25) is 4.57 Å². The fourth-order valence-electron chi connectivity index (χ4n) is 1.34. The number of phosphoric acid groups is 1. The summed E-state index contributed by atoms with van der Waals surface area (Å²) in [5, 5.41) is 0. The summed E-state index contributed by atoms with van der Waals surface area (Å²) >= 11 is 0. The molecule has 0 aliphatic carbocycles. The van der Waals surface area contributed by atoms with Crippen LogP contribution >= 0.6 is 7.82 Å². The summed E-state index contributed by atoms with van der Waals surface area (Å²) in [4.78, 5) is 22.4. The molecule has 21 heavy (non-hydrogen) atoms. The first-order chi connectivity index (χ1) is 9.66. The van der Waals surface area contributed by atoms with E-state index in [1.807, 2.05) is 21.1 Å². The normalized spacial score (nSPS) is 15.1. The van der Waals surface area contributed by atoms with Gasteiger partial charge in [-0.2, -0.15) is 0 Å². The van der Waals surface area contributed by atoms with Gasteiger partial charge < -0.3 is 23.2 Å². The van der Waals surface area contributed by atoms with Crippen molar-refractivity contribution in [1.29, 1.82) is 0 Å². The summed E-state index contributed by atoms with van der Waals surface area (Å²) in [5.41, 5.74) is 0. The number of phosphoric ester groups is 1. The molecule has 0 N–H and O–H groups in total. The Morgan fingerprint density at radius 3 is 2.24 bits per heavy atom. The van der Waals surface area contributed by atoms with Gasteiger partial charge in [0.15, 0.2) is 0 Å². The molecule has 0 bridgehead atoms. The lowest BCUT2D eigenvalue weighted by atomic mass is 10.4. The first-order valence-electron chi connectivity index (χ1n) is 6.86. The Balaban J connectivity index is 3.69. The first-order valence-corrected chi connectivity index (χ1v) is 8.32. The molecular weight excluding hydrogens is 297 g/mol. The molecule has 0 radical (unpaired) electrons. The van der Waals surface area contributed by atoms with Crippen molar-refractivity contribution in [2.75, 3.05) is 47.5 Å². The molecule has 0 fully saturated rings. The maximum Gasteiger partial charge on any atom is 0.330 e. The van der Waals surface area contributed by atoms with Crippen LogP contribution in [-0.4, -0.2) is 58.0 Å². The second-order valence-electron chi connectivity index (χ2n) is 5.50. The number of allylic oxidation sites excluding steroid dienone is 1. The number of rotatable bonds is 11. The van der Waals surface area contributed by atoms with E-state index < -0.39 is 13.8 Å². The van der Waals surface area contributed by atoms with Crippen LogP contribution < -0.4 is 4.89 Å². The lowest BCUT2D eigenvalue weighted by molar-refractivity contribution is -0.870. The Morgan fingerprint density at radius 2 is 1.71 bits per heavy atom. The number of hydrogen-bond acceptors (Lipinski definition) is 6. The largest absolute Gasteiger partial charge is 0.756 e. The lowest BCUT2D eigenvalue weighted by Gasteiger charge is -2.26. The zero-order valence-electron chi connectivity index (χ0n) is 13.2. The van der Waals surface area contributed by atoms with Crippen molar-refractivity contribution in [2.45, 2.75) is 19.8 Å². The predicted molar refractivity (Wildman–Crippen MR) is 77.4 cm³/mol. The van der Waals surface area contributed by atoms with E-state index in [0.29, 0.717) is 6.42 Å². The number of quaternary nitrogens is 1. The highest BCUT2D eigenvalue weighted by Crippen LogP contribution is 2.38. The monoisotopic (exact) mass is 323 g/mol. The van der Waals surface area contributed by atoms with Crippen LogP contribution in [0.25, 0.3) is 0 Å². The molecule has 8 heteroatoms. The van der Waals surface area contributed by atoms with Gasteiger partial charge in [-0.15, -0.1) is 0 Å². The van der Waals surface area contributed by atoms with Crippen molar-refractivity contribution in [2.24, 2.45) is 0 Å². The van der Waals surface area contributed by atoms with Gasteiger partial charge in [0.1, 0.15) is 0 Å². The molecule has 0 amide bonds. The third-order valence-electron chi connectivity index (χ3n) is 2.31. The highest BCUT2D eigenvalue weighted by atomic mass is 31.2. The quantitative estimate of drug-likeness (QED) is 0.186. The molecule has 7 nitrogen and oxygen atoms in total. The smallest absolute Gasteiger partial charge is 0.330 e. The fraction of sp³-hybridized carbons (Fsp3) is 0.769. The van der Waals surface area contributed by atoms with E-state index in [1.54, 1.807) is 13.0 Å². The Morgan fingerprint density at radius 1 is 1.14 bits per heavy atom. The van der Waals surface area contributed by atoms with Crippen LogP contribution in [0.5, 0.6) is 0 Å². The average Bonchev–Trinajstić information content (AvgIpc) is 2.33. The SMILES string of the molecule is CC=CC(=O)OCCCOP(=O)([O-])OCCC[N+](C)(C)C. The van der Waals surface area contributed by atoms with Crippen molar-refractivity contribution in [3.8, 4) is 0 Å². The third-order valence-corrected chi connectivity index (χ3v) is 3.31. The van der Waals surface area contributed by atoms with Gasteiger partial charge in [-0.25, -0.2) is 4.79 Å². The van der Waals surface area contributed by atoms with Crippen LogP contribution in [0.1, 0.15) is 19.8 Å². The summed E-state index contributed by atoms with van der Waals surface area (Å²) in [7, 11) is 1.79. The number of carbonyl (C=O) groups is 1. The Bertz CT molecular complexity index is 377. The van der Waals surface area contributed by atoms with E-state index in [-0.39, 0.29) is 26.2 Å². The van der Waals surface area contributed by atoms with Crippen molar-refractivity contribution >= 4 is 13.8 Å². The molecule has 0 aromatic heterocycles. The van der Waals surface area contributed by atoms with E-state index in [1.165, 1.54) is 6.08 Å². The third kappa shape index (κ3) is 14.0. The molecule has 0 rings (SSSR count). The van der Waals surface area contributed by atoms with Crippen molar-refractivity contribution in [1.82, 2.24) is 0 Å². The highest BCUT2D eigenvalue weighted by molar-refractivity contribution is 7.45. The van der Waals surface area contributed by atoms with E-state index in [4.69, 9.17) is 9.26 Å². The lowest BCUT2D eigenvalue weighted by Crippen LogP contribution is -2.35. The van der Waals surface area contributed by atoms with Crippen LogP contribution in [0.15, 0.2) is 12.2 Å². The minimum Gasteiger partial charge on any atom is -0.756 e. The fourth-order valence-corrected chi connectivity index (χ4v) is 2.12. The van der Waals surface area contributed by atoms with Crippen LogP contribution in [0.4, 0.5) is 0 Å². The molecule has 124 valence electrons. The van der Waals surface area contributed by atoms with Gasteiger partial charge in [-0.05, 0) is 6.92 Å². The number of carbonyl (C=O) groups excluding carboxylic acids is 1. The Labute approximate surface area is 126 Å². The molecule has 0 aliphatic heterocycles. The van der Waals surface area contributed by atoms with Gasteiger partial charge in [-0.1, -0.05) is 6.08 Å². The molecule has 0 heterocycles. The summed E-state index contributed by atoms with van der Waals surface area (Å²) in [6, 6.07) is 0. The van der Waals surface area contributed by atoms with Crippen LogP contribution in [-0.2, 0) is 23.1 Å². The summed E-state index contributed by atoms with van der Waals surface area (Å²) in [6.07, 6.45) is 3.77. The van der Waals surface area contributed by atoms with Crippen molar-refractivity contribution in [3.05, 3.63) is 12.2 Å². The Kier molecular flexibility index (Phi) is 9.74. The van der Waals surface area contributed by atoms with Gasteiger partial charge in [0, 0.05) is 18.9 Å². The molecule has 0 spiro atoms. The standard InChI is InChI=1S/C13H26NO6P/c1-5-8-13(15)18-10-7-12-20-21(16,17)19-11-6-9-14(2,3)4/h5,8H,6-7,9-12H2,1-4H3. The van der Waals surface area contributed by atoms with Gasteiger partial charge in [0.2, 0.25) is 0 Å². The van der Waals surface area contributed by atoms with Crippen molar-refractivity contribution in [3.63, 3.8) is 0 Å². The molecule has 0 aliphatic rings. The summed E-state index contributed by atoms with van der Waals surface area (Å²) < 4.78 is 26.4. The second-order valence-corrected chi connectivity index (χ2v) is 6.91. The Hall–Kier alpha value is -0.720. The van der Waals surface area contributed by atoms with E-state index in [9.17, 15) is 14.3 Å². The molecule has 0 saturated carbocycles. The van der Waals surface area contributed by atoms with E-state index in [2.05, 4.69) is 4.52 Å². The van der Waals surface area contributed by atoms with Crippen LogP contribution in [0, 0.1) is 0 Å². The van der Waals surface area contributed by atoms with Crippen LogP contribution in [0.3, 0.4) is 0 Å². The second kappa shape index (κ2) is 10.1. The predicted octanol–water partition coefficient (Wildman–Crippen LogP) is 1.09. The molecule has 1 unspecified atom stereocenters. The minimum absolute atomic E-state index is 0.0702. The zero-order chi connectivity index (χ0) is 16.4. The maximum absolute atomic E-state index is 11.4. The zero-order valence-corrected chi connectivity index (χ0v) is 14.1. The maximum atomic E-state index is 11.4. The number of hydrogen-bond donors (Lipinski definition) is 0. The molecule has 1 atom stereocenters. The number of ether oxygens (including phenoxy) is 1. The summed E-state index contributed by atoms with van der Waals surface area (Å²) in [6.45, 7) is 2.64. The van der Waals surface area contributed by atoms with E-state index >= 15 is 0 Å². The van der Waals surface area contributed by atoms with Crippen LogP contribution in [0.2, 0.25) is 0 Å². The molecule has 0 saturated heterocycles. The van der Waals surface area contributed by atoms with Gasteiger partial charge in [0.25, 0.3) is 7.82 Å². The average molecular weight is 323 g/mol. The first kappa shape index (κ1) is 20.3. The van der Waals surface area contributed by atoms with Gasteiger partial charge in [0.05, 0.1) is 47.5 Å². The van der Waals surface area contributed by atoms with E-state index in [0.717, 1.165) is 11.0 Å². The number of nitrogens with zero attached hydrogens (tertiary/aromatic N) is 1. The topological polar surface area (TPSA) is 84.9 Å². The van der Waals surface area contributed by atoms with Gasteiger partial charge >= 0.3 is 5.97 Å². The molecular formula is C13H26NO6P.